The summed E-state index contributed by atoms with van der Waals surface area (Å²) in [6.45, 7) is 0. The number of amides is 4. The lowest BCUT2D eigenvalue weighted by Gasteiger charge is -2.28. The normalized spacial score (nSPS) is 13.4. The monoisotopic (exact) mass is 840 g/mol. The third-order valence-electron chi connectivity index (χ3n) is 12.5. The molecule has 2 heterocycles. The van der Waals surface area contributed by atoms with Crippen molar-refractivity contribution in [2.24, 2.45) is 0 Å². The van der Waals surface area contributed by atoms with Crippen LogP contribution in [0.15, 0.2) is 146 Å². The highest BCUT2D eigenvalue weighted by Gasteiger charge is 2.37. The minimum Gasteiger partial charge on any atom is -0.496 e. The number of benzene rings is 9. The summed E-state index contributed by atoms with van der Waals surface area (Å²) in [7, 11) is 6.17. The van der Waals surface area contributed by atoms with Crippen molar-refractivity contribution in [2.45, 2.75) is 0 Å². The molecule has 0 radical (unpaired) electrons. The minimum absolute atomic E-state index is 0.383. The van der Waals surface area contributed by atoms with Crippen LogP contribution in [0.25, 0.3) is 65.3 Å². The molecule has 0 spiro atoms. The number of carbonyl (C=O) groups excluding carboxylic acids is 4. The lowest BCUT2D eigenvalue weighted by Crippen LogP contribution is -2.40. The summed E-state index contributed by atoms with van der Waals surface area (Å²) in [6.07, 6.45) is 0. The summed E-state index contributed by atoms with van der Waals surface area (Å²) in [5, 5.41) is 6.17. The van der Waals surface area contributed by atoms with E-state index in [9.17, 15) is 19.2 Å². The predicted octanol–water partition coefficient (Wildman–Crippen LogP) is 11.3. The molecule has 0 aromatic heterocycles. The first-order valence-corrected chi connectivity index (χ1v) is 20.5. The molecule has 64 heavy (non-hydrogen) atoms. The third-order valence-corrected chi connectivity index (χ3v) is 12.5. The Labute approximate surface area is 366 Å². The van der Waals surface area contributed by atoms with Crippen molar-refractivity contribution in [2.75, 3.05) is 38.2 Å². The predicted molar refractivity (Wildman–Crippen MR) is 249 cm³/mol. The summed E-state index contributed by atoms with van der Waals surface area (Å²) >= 11 is 0. The van der Waals surface area contributed by atoms with Crippen LogP contribution >= 0.6 is 0 Å². The molecule has 4 amide bonds. The van der Waals surface area contributed by atoms with Crippen molar-refractivity contribution >= 4 is 78.1 Å². The molecule has 10 heteroatoms. The molecule has 9 aromatic rings. The molecule has 0 unspecified atom stereocenters. The largest absolute Gasteiger partial charge is 0.496 e. The van der Waals surface area contributed by atoms with E-state index in [0.29, 0.717) is 78.2 Å². The quantitative estimate of drug-likeness (QED) is 0.110. The highest BCUT2D eigenvalue weighted by atomic mass is 16.5. The van der Waals surface area contributed by atoms with Crippen LogP contribution in [0.3, 0.4) is 0 Å². The van der Waals surface area contributed by atoms with E-state index in [1.165, 1.54) is 9.80 Å². The van der Waals surface area contributed by atoms with Crippen LogP contribution in [-0.2, 0) is 0 Å². The SMILES string of the molecule is COc1ccc2c3c(ccc(OC)c13)C(=O)N(c1ccc(-c3c4ccccc4c(-c4ccc(N5C(=O)c6ccc(OC)c7c(OC)ccc(c67)C5=O)cc4)c4ccccc34)cc1)C2=O. The number of anilines is 2. The van der Waals surface area contributed by atoms with E-state index < -0.39 is 23.6 Å². The van der Waals surface area contributed by atoms with Gasteiger partial charge in [0.2, 0.25) is 0 Å². The Morgan fingerprint density at radius 2 is 0.578 bits per heavy atom. The number of carbonyl (C=O) groups is 4. The zero-order valence-electron chi connectivity index (χ0n) is 35.0. The molecule has 9 aromatic carbocycles. The van der Waals surface area contributed by atoms with Crippen LogP contribution in [0.5, 0.6) is 23.0 Å². The Balaban J connectivity index is 0.974. The number of rotatable bonds is 8. The van der Waals surface area contributed by atoms with Crippen LogP contribution in [0, 0.1) is 0 Å². The van der Waals surface area contributed by atoms with E-state index in [-0.39, 0.29) is 0 Å². The maximum atomic E-state index is 14.1. The van der Waals surface area contributed by atoms with Gasteiger partial charge in [-0.3, -0.25) is 19.2 Å². The van der Waals surface area contributed by atoms with Crippen molar-refractivity contribution in [3.63, 3.8) is 0 Å². The molecule has 0 saturated heterocycles. The minimum atomic E-state index is -0.435. The van der Waals surface area contributed by atoms with Crippen molar-refractivity contribution in [1.29, 1.82) is 0 Å². The number of nitrogens with zero attached hydrogens (tertiary/aromatic N) is 2. The van der Waals surface area contributed by atoms with E-state index >= 15 is 0 Å². The van der Waals surface area contributed by atoms with E-state index in [1.54, 1.807) is 77.0 Å². The first kappa shape index (κ1) is 38.4. The molecule has 2 aliphatic heterocycles. The van der Waals surface area contributed by atoms with Crippen molar-refractivity contribution in [3.05, 3.63) is 168 Å². The fourth-order valence-electron chi connectivity index (χ4n) is 9.70. The van der Waals surface area contributed by atoms with Crippen LogP contribution < -0.4 is 28.7 Å². The highest BCUT2D eigenvalue weighted by molar-refractivity contribution is 6.38. The number of imide groups is 2. The van der Waals surface area contributed by atoms with Gasteiger partial charge >= 0.3 is 0 Å². The van der Waals surface area contributed by atoms with Gasteiger partial charge < -0.3 is 18.9 Å². The molecule has 0 saturated carbocycles. The first-order chi connectivity index (χ1) is 31.3. The topological polar surface area (TPSA) is 112 Å². The zero-order chi connectivity index (χ0) is 44.0. The summed E-state index contributed by atoms with van der Waals surface area (Å²) < 4.78 is 22.4. The maximum absolute atomic E-state index is 14.1. The molecule has 11 rings (SSSR count). The lowest BCUT2D eigenvalue weighted by molar-refractivity contribution is 0.0877. The average Bonchev–Trinajstić information content (AvgIpc) is 3.34. The van der Waals surface area contributed by atoms with Gasteiger partial charge in [-0.25, -0.2) is 9.80 Å². The van der Waals surface area contributed by atoms with E-state index in [4.69, 9.17) is 18.9 Å². The van der Waals surface area contributed by atoms with Gasteiger partial charge in [0.25, 0.3) is 23.6 Å². The standard InChI is InChI=1S/C54H36N2O8/c1-61-41-25-21-37-47-38(22-26-42(62-2)49(41)47)52(58)55(51(37)57)31-17-13-29(14-18-31)45-33-9-5-7-11-35(33)46(36-12-8-6-10-34(36)45)30-15-19-32(20-16-30)56-53(59)39-23-27-43(63-3)50-44(64-4)28-24-40(48(39)50)54(56)60/h5-28H,1-4H3. The Morgan fingerprint density at radius 3 is 0.828 bits per heavy atom. The fraction of sp³-hybridized carbons (Fsp3) is 0.0741. The zero-order valence-corrected chi connectivity index (χ0v) is 35.0. The number of fused-ring (bicyclic) bond motifs is 2. The average molecular weight is 841 g/mol. The molecular formula is C54H36N2O8. The number of hydrogen-bond donors (Lipinski definition) is 0. The molecule has 2 aliphatic rings. The molecule has 0 atom stereocenters. The summed E-state index contributed by atoms with van der Waals surface area (Å²) in [6, 6.07) is 45.1. The van der Waals surface area contributed by atoms with Gasteiger partial charge in [-0.15, -0.1) is 0 Å². The Hall–Kier alpha value is -8.50. The Bertz CT molecular complexity index is 3120. The molecule has 0 fully saturated rings. The van der Waals surface area contributed by atoms with Gasteiger partial charge in [0.1, 0.15) is 23.0 Å². The van der Waals surface area contributed by atoms with Gasteiger partial charge in [-0.1, -0.05) is 72.8 Å². The molecule has 0 aliphatic carbocycles. The third kappa shape index (κ3) is 5.38. The number of ether oxygens (including phenoxy) is 4. The fourth-order valence-corrected chi connectivity index (χ4v) is 9.70. The molecule has 310 valence electrons. The van der Waals surface area contributed by atoms with Gasteiger partial charge in [0.05, 0.1) is 50.6 Å². The Kier molecular flexibility index (Phi) is 8.74. The van der Waals surface area contributed by atoms with E-state index in [0.717, 1.165) is 43.8 Å². The second kappa shape index (κ2) is 14.6. The second-order valence-electron chi connectivity index (χ2n) is 15.6. The van der Waals surface area contributed by atoms with Gasteiger partial charge in [0.15, 0.2) is 0 Å². The van der Waals surface area contributed by atoms with Crippen LogP contribution in [0.2, 0.25) is 0 Å². The van der Waals surface area contributed by atoms with Crippen LogP contribution in [-0.4, -0.2) is 52.1 Å². The van der Waals surface area contributed by atoms with Gasteiger partial charge in [-0.2, -0.15) is 0 Å². The van der Waals surface area contributed by atoms with E-state index in [1.807, 2.05) is 72.8 Å². The first-order valence-electron chi connectivity index (χ1n) is 20.5. The maximum Gasteiger partial charge on any atom is 0.265 e. The Morgan fingerprint density at radius 1 is 0.312 bits per heavy atom. The molecule has 0 N–H and O–H groups in total. The van der Waals surface area contributed by atoms with Crippen molar-refractivity contribution in [1.82, 2.24) is 0 Å². The summed E-state index contributed by atoms with van der Waals surface area (Å²) in [4.78, 5) is 59.0. The number of hydrogen-bond acceptors (Lipinski definition) is 8. The van der Waals surface area contributed by atoms with E-state index in [2.05, 4.69) is 24.3 Å². The second-order valence-corrected chi connectivity index (χ2v) is 15.6. The molecule has 10 nitrogen and oxygen atoms in total. The lowest BCUT2D eigenvalue weighted by atomic mass is 9.86. The smallest absolute Gasteiger partial charge is 0.265 e. The van der Waals surface area contributed by atoms with Crippen molar-refractivity contribution in [3.8, 4) is 45.3 Å². The molecule has 0 bridgehead atoms. The van der Waals surface area contributed by atoms with Gasteiger partial charge in [0, 0.05) is 33.0 Å². The van der Waals surface area contributed by atoms with Crippen LogP contribution in [0.4, 0.5) is 11.4 Å². The van der Waals surface area contributed by atoms with Gasteiger partial charge in [-0.05, 0) is 117 Å². The van der Waals surface area contributed by atoms with Crippen molar-refractivity contribution < 1.29 is 38.1 Å². The summed E-state index contributed by atoms with van der Waals surface area (Å²) in [5.74, 6) is 0.305. The number of methoxy groups -OCH3 is 4. The molecular weight excluding hydrogens is 805 g/mol. The van der Waals surface area contributed by atoms with Crippen LogP contribution in [0.1, 0.15) is 41.4 Å². The summed E-state index contributed by atoms with van der Waals surface area (Å²) in [5.41, 5.74) is 6.21. The highest BCUT2D eigenvalue weighted by Crippen LogP contribution is 2.47.